The second-order valence-corrected chi connectivity index (χ2v) is 9.98. The predicted octanol–water partition coefficient (Wildman–Crippen LogP) is 5.44. The quantitative estimate of drug-likeness (QED) is 0.458. The first-order chi connectivity index (χ1) is 18.0. The van der Waals surface area contributed by atoms with E-state index in [9.17, 15) is 4.79 Å². The van der Waals surface area contributed by atoms with Gasteiger partial charge in [0.15, 0.2) is 0 Å². The number of hydrogen-bond acceptors (Lipinski definition) is 6. The van der Waals surface area contributed by atoms with Crippen molar-refractivity contribution in [3.63, 3.8) is 0 Å². The van der Waals surface area contributed by atoms with E-state index in [1.165, 1.54) is 25.9 Å². The Morgan fingerprint density at radius 1 is 1.22 bits per heavy atom. The highest BCUT2D eigenvalue weighted by Crippen LogP contribution is 2.37. The number of ether oxygens (including phenoxy) is 3. The summed E-state index contributed by atoms with van der Waals surface area (Å²) < 4.78 is 17.7. The van der Waals surface area contributed by atoms with Gasteiger partial charge in [-0.15, -0.1) is 0 Å². The first kappa shape index (κ1) is 25.1. The molecule has 37 heavy (non-hydrogen) atoms. The largest absolute Gasteiger partial charge is 0.493 e. The molecule has 194 valence electrons. The number of benzene rings is 1. The van der Waals surface area contributed by atoms with Crippen molar-refractivity contribution in [1.29, 1.82) is 0 Å². The number of aryl methyl sites for hydroxylation is 2. The predicted molar refractivity (Wildman–Crippen MR) is 142 cm³/mol. The summed E-state index contributed by atoms with van der Waals surface area (Å²) in [6.45, 7) is 8.61. The van der Waals surface area contributed by atoms with E-state index >= 15 is 0 Å². The minimum atomic E-state index is -0.809. The highest BCUT2D eigenvalue weighted by Gasteiger charge is 2.30. The average Bonchev–Trinajstić information content (AvgIpc) is 3.52. The highest BCUT2D eigenvalue weighted by molar-refractivity contribution is 5.69. The Labute approximate surface area is 218 Å². The van der Waals surface area contributed by atoms with Crippen molar-refractivity contribution in [2.45, 2.75) is 39.5 Å². The number of nitrogens with zero attached hydrogens (tertiary/aromatic N) is 2. The Morgan fingerprint density at radius 2 is 2.00 bits per heavy atom. The lowest BCUT2D eigenvalue weighted by Crippen LogP contribution is -2.25. The summed E-state index contributed by atoms with van der Waals surface area (Å²) in [4.78, 5) is 18.3. The summed E-state index contributed by atoms with van der Waals surface area (Å²) in [6.07, 6.45) is 8.98. The van der Waals surface area contributed by atoms with Crippen LogP contribution in [0.2, 0.25) is 0 Å². The van der Waals surface area contributed by atoms with Crippen LogP contribution in [-0.4, -0.2) is 53.8 Å². The van der Waals surface area contributed by atoms with Gasteiger partial charge in [-0.3, -0.25) is 9.69 Å². The van der Waals surface area contributed by atoms with Gasteiger partial charge in [-0.25, -0.2) is 4.98 Å². The zero-order chi connectivity index (χ0) is 25.8. The van der Waals surface area contributed by atoms with Crippen LogP contribution in [0.25, 0.3) is 11.3 Å². The average molecular weight is 503 g/mol. The maximum absolute atomic E-state index is 11.1. The number of carbonyl (C=O) groups is 1. The van der Waals surface area contributed by atoms with Crippen LogP contribution in [0, 0.1) is 19.8 Å². The Hall–Kier alpha value is -3.58. The molecule has 2 aliphatic heterocycles. The zero-order valence-corrected chi connectivity index (χ0v) is 21.5. The zero-order valence-electron chi connectivity index (χ0n) is 21.5. The fraction of sp³-hybridized carbons (Fsp3) is 0.400. The van der Waals surface area contributed by atoms with Crippen LogP contribution >= 0.6 is 0 Å². The van der Waals surface area contributed by atoms with E-state index in [-0.39, 0.29) is 12.3 Å². The molecule has 0 saturated carbocycles. The molecule has 0 amide bonds. The SMILES string of the molecule is Cc1cc(OCCN2CCCC2)cc(C)c1-c1cccc(OC=C2C=C3OCC(CC(=O)O)C3=CC2)n1. The minimum absolute atomic E-state index is 0.0833. The van der Waals surface area contributed by atoms with E-state index in [1.54, 1.807) is 6.26 Å². The van der Waals surface area contributed by atoms with Crippen molar-refractivity contribution in [1.82, 2.24) is 9.88 Å². The number of likely N-dealkylation sites (tertiary alicyclic amines) is 1. The van der Waals surface area contributed by atoms with Gasteiger partial charge in [0.1, 0.15) is 18.1 Å². The number of pyridine rings is 1. The standard InChI is InChI=1S/C30H34N2O5/c1-20-14-24(35-13-12-32-10-3-4-11-32)15-21(2)30(20)26-6-5-7-28(31-26)37-18-22-8-9-25-23(17-29(33)34)19-36-27(25)16-22/h5-7,9,14-16,18,23H,3-4,8,10-13,17,19H2,1-2H3,(H,33,34). The summed E-state index contributed by atoms with van der Waals surface area (Å²) >= 11 is 0. The second-order valence-electron chi connectivity index (χ2n) is 9.98. The van der Waals surface area contributed by atoms with E-state index in [0.717, 1.165) is 51.6 Å². The molecular weight excluding hydrogens is 468 g/mol. The summed E-state index contributed by atoms with van der Waals surface area (Å²) in [6, 6.07) is 9.95. The van der Waals surface area contributed by atoms with Crippen LogP contribution in [0.5, 0.6) is 11.6 Å². The van der Waals surface area contributed by atoms with Gasteiger partial charge in [-0.2, -0.15) is 0 Å². The number of rotatable bonds is 9. The second kappa shape index (κ2) is 11.2. The van der Waals surface area contributed by atoms with Crippen molar-refractivity contribution in [2.75, 3.05) is 32.8 Å². The third kappa shape index (κ3) is 6.05. The summed E-state index contributed by atoms with van der Waals surface area (Å²) in [5, 5.41) is 9.10. The molecule has 0 bridgehead atoms. The smallest absolute Gasteiger partial charge is 0.304 e. The molecule has 7 nitrogen and oxygen atoms in total. The van der Waals surface area contributed by atoms with Crippen LogP contribution < -0.4 is 9.47 Å². The molecule has 2 aromatic rings. The molecule has 1 aliphatic carbocycles. The number of carboxylic acid groups (broad SMARTS) is 1. The Morgan fingerprint density at radius 3 is 2.76 bits per heavy atom. The van der Waals surface area contributed by atoms with Gasteiger partial charge in [-0.05, 0) is 92.7 Å². The van der Waals surface area contributed by atoms with Gasteiger partial charge in [0.05, 0.1) is 25.0 Å². The lowest BCUT2D eigenvalue weighted by molar-refractivity contribution is -0.137. The number of carboxylic acids is 1. The fourth-order valence-electron chi connectivity index (χ4n) is 5.34. The molecule has 0 radical (unpaired) electrons. The molecule has 1 aromatic heterocycles. The van der Waals surface area contributed by atoms with E-state index in [1.807, 2.05) is 30.4 Å². The fourth-order valence-corrected chi connectivity index (χ4v) is 5.34. The maximum Gasteiger partial charge on any atom is 0.304 e. The van der Waals surface area contributed by atoms with Crippen LogP contribution in [0.3, 0.4) is 0 Å². The molecule has 3 heterocycles. The van der Waals surface area contributed by atoms with Crippen LogP contribution in [0.1, 0.15) is 36.8 Å². The first-order valence-corrected chi connectivity index (χ1v) is 13.0. The molecule has 3 aliphatic rings. The molecule has 2 saturated heterocycles. The van der Waals surface area contributed by atoms with Crippen molar-refractivity contribution in [3.05, 3.63) is 76.8 Å². The van der Waals surface area contributed by atoms with Gasteiger partial charge >= 0.3 is 5.97 Å². The molecule has 5 rings (SSSR count). The van der Waals surface area contributed by atoms with Crippen molar-refractivity contribution >= 4 is 5.97 Å². The van der Waals surface area contributed by atoms with Crippen LogP contribution in [0.4, 0.5) is 0 Å². The van der Waals surface area contributed by atoms with Crippen molar-refractivity contribution < 1.29 is 24.1 Å². The lowest BCUT2D eigenvalue weighted by Gasteiger charge is -2.17. The topological polar surface area (TPSA) is 81.1 Å². The number of aromatic nitrogens is 1. The first-order valence-electron chi connectivity index (χ1n) is 13.0. The van der Waals surface area contributed by atoms with Gasteiger partial charge in [0.25, 0.3) is 0 Å². The van der Waals surface area contributed by atoms with Gasteiger partial charge in [0, 0.05) is 24.1 Å². The maximum atomic E-state index is 11.1. The van der Waals surface area contributed by atoms with Crippen molar-refractivity contribution in [2.24, 2.45) is 5.92 Å². The molecule has 7 heteroatoms. The molecule has 1 N–H and O–H groups in total. The molecular formula is C30H34N2O5. The van der Waals surface area contributed by atoms with Crippen molar-refractivity contribution in [3.8, 4) is 22.9 Å². The van der Waals surface area contributed by atoms with E-state index < -0.39 is 5.97 Å². The van der Waals surface area contributed by atoms with Crippen LogP contribution in [-0.2, 0) is 9.53 Å². The lowest BCUT2D eigenvalue weighted by atomic mass is 9.92. The molecule has 1 aromatic carbocycles. The normalized spacial score (nSPS) is 20.3. The Bertz CT molecular complexity index is 1230. The molecule has 2 fully saturated rings. The number of allylic oxidation sites excluding steroid dienone is 4. The van der Waals surface area contributed by atoms with Gasteiger partial charge < -0.3 is 19.3 Å². The van der Waals surface area contributed by atoms with Crippen LogP contribution in [0.15, 0.2) is 65.7 Å². The molecule has 1 unspecified atom stereocenters. The van der Waals surface area contributed by atoms with Gasteiger partial charge in [0.2, 0.25) is 5.88 Å². The summed E-state index contributed by atoms with van der Waals surface area (Å²) in [7, 11) is 0. The summed E-state index contributed by atoms with van der Waals surface area (Å²) in [5.41, 5.74) is 6.10. The van der Waals surface area contributed by atoms with E-state index in [2.05, 4.69) is 30.9 Å². The van der Waals surface area contributed by atoms with E-state index in [4.69, 9.17) is 24.3 Å². The number of hydrogen-bond donors (Lipinski definition) is 1. The monoisotopic (exact) mass is 502 g/mol. The number of aliphatic carboxylic acids is 1. The van der Waals surface area contributed by atoms with E-state index in [0.29, 0.717) is 25.5 Å². The minimum Gasteiger partial charge on any atom is -0.493 e. The highest BCUT2D eigenvalue weighted by atomic mass is 16.5. The Kier molecular flexibility index (Phi) is 7.60. The molecule has 0 spiro atoms. The number of fused-ring (bicyclic) bond motifs is 1. The summed E-state index contributed by atoms with van der Waals surface area (Å²) in [5.74, 6) is 1.25. The molecule has 1 atom stereocenters. The third-order valence-corrected chi connectivity index (χ3v) is 7.15. The third-order valence-electron chi connectivity index (χ3n) is 7.15. The Balaban J connectivity index is 1.24. The van der Waals surface area contributed by atoms with Gasteiger partial charge in [-0.1, -0.05) is 12.1 Å².